The second kappa shape index (κ2) is 9.92. The van der Waals surface area contributed by atoms with Crippen molar-refractivity contribution in [1.29, 1.82) is 0 Å². The summed E-state index contributed by atoms with van der Waals surface area (Å²) in [6, 6.07) is 8.21. The van der Waals surface area contributed by atoms with Gasteiger partial charge in [-0.05, 0) is 37.1 Å². The minimum atomic E-state index is 0.248. The Balaban J connectivity index is 2.20. The lowest BCUT2D eigenvalue weighted by molar-refractivity contribution is 0.286. The number of unbranched alkanes of at least 4 members (excludes halogenated alkanes) is 2. The van der Waals surface area contributed by atoms with E-state index in [4.69, 9.17) is 9.84 Å². The molecule has 0 heterocycles. The van der Waals surface area contributed by atoms with E-state index in [1.807, 2.05) is 12.1 Å². The first kappa shape index (κ1) is 15.0. The molecular weight excluding hydrogens is 226 g/mol. The smallest absolute Gasteiger partial charge is 0.119 e. The maximum Gasteiger partial charge on any atom is 0.119 e. The van der Waals surface area contributed by atoms with Gasteiger partial charge in [0.25, 0.3) is 0 Å². The van der Waals surface area contributed by atoms with Crippen molar-refractivity contribution in [2.24, 2.45) is 0 Å². The van der Waals surface area contributed by atoms with Crippen LogP contribution in [0.2, 0.25) is 0 Å². The SMILES string of the molecule is CCCCCOc1ccc(CNCCCO)cc1. The summed E-state index contributed by atoms with van der Waals surface area (Å²) >= 11 is 0. The summed E-state index contributed by atoms with van der Waals surface area (Å²) in [6.45, 7) is 4.94. The summed E-state index contributed by atoms with van der Waals surface area (Å²) in [4.78, 5) is 0. The van der Waals surface area contributed by atoms with Crippen LogP contribution in [0.1, 0.15) is 38.2 Å². The van der Waals surface area contributed by atoms with Gasteiger partial charge in [0.1, 0.15) is 5.75 Å². The molecule has 1 rings (SSSR count). The van der Waals surface area contributed by atoms with Gasteiger partial charge in [0.2, 0.25) is 0 Å². The first-order valence-corrected chi connectivity index (χ1v) is 6.90. The predicted molar refractivity (Wildman–Crippen MR) is 74.9 cm³/mol. The lowest BCUT2D eigenvalue weighted by Crippen LogP contribution is -2.15. The van der Waals surface area contributed by atoms with Crippen LogP contribution >= 0.6 is 0 Å². The van der Waals surface area contributed by atoms with E-state index in [-0.39, 0.29) is 6.61 Å². The van der Waals surface area contributed by atoms with Gasteiger partial charge in [-0.25, -0.2) is 0 Å². The largest absolute Gasteiger partial charge is 0.494 e. The van der Waals surface area contributed by atoms with Gasteiger partial charge in [-0.1, -0.05) is 31.9 Å². The molecule has 0 aliphatic rings. The molecule has 0 aliphatic carbocycles. The highest BCUT2D eigenvalue weighted by Crippen LogP contribution is 2.12. The van der Waals surface area contributed by atoms with Gasteiger partial charge in [0.05, 0.1) is 6.61 Å². The van der Waals surface area contributed by atoms with Crippen LogP contribution in [-0.4, -0.2) is 24.9 Å². The zero-order chi connectivity index (χ0) is 13.1. The Morgan fingerprint density at radius 2 is 1.89 bits per heavy atom. The molecule has 0 saturated carbocycles. The number of hydrogen-bond donors (Lipinski definition) is 2. The summed E-state index contributed by atoms with van der Waals surface area (Å²) in [6.07, 6.45) is 4.38. The summed E-state index contributed by atoms with van der Waals surface area (Å²) in [5.74, 6) is 0.949. The molecule has 0 fully saturated rings. The van der Waals surface area contributed by atoms with E-state index in [9.17, 15) is 0 Å². The topological polar surface area (TPSA) is 41.5 Å². The van der Waals surface area contributed by atoms with Crippen LogP contribution in [0.15, 0.2) is 24.3 Å². The maximum atomic E-state index is 8.66. The third-order valence-electron chi connectivity index (χ3n) is 2.78. The number of aliphatic hydroxyl groups is 1. The maximum absolute atomic E-state index is 8.66. The van der Waals surface area contributed by atoms with Crippen molar-refractivity contribution in [3.8, 4) is 5.75 Å². The molecule has 3 nitrogen and oxygen atoms in total. The van der Waals surface area contributed by atoms with Crippen LogP contribution in [-0.2, 0) is 6.54 Å². The van der Waals surface area contributed by atoms with Crippen LogP contribution in [0.3, 0.4) is 0 Å². The molecule has 0 radical (unpaired) electrons. The van der Waals surface area contributed by atoms with Crippen LogP contribution < -0.4 is 10.1 Å². The molecule has 0 amide bonds. The highest BCUT2D eigenvalue weighted by Gasteiger charge is 1.96. The Labute approximate surface area is 110 Å². The summed E-state index contributed by atoms with van der Waals surface area (Å²) in [5, 5.41) is 11.9. The molecular formula is C15H25NO2. The molecule has 102 valence electrons. The number of benzene rings is 1. The minimum Gasteiger partial charge on any atom is -0.494 e. The molecule has 0 saturated heterocycles. The van der Waals surface area contributed by atoms with Gasteiger partial charge < -0.3 is 15.2 Å². The van der Waals surface area contributed by atoms with Crippen molar-refractivity contribution in [1.82, 2.24) is 5.32 Å². The monoisotopic (exact) mass is 251 g/mol. The van der Waals surface area contributed by atoms with Crippen molar-refractivity contribution in [3.63, 3.8) is 0 Å². The van der Waals surface area contributed by atoms with Crippen LogP contribution in [0, 0.1) is 0 Å². The second-order valence-corrected chi connectivity index (χ2v) is 4.45. The second-order valence-electron chi connectivity index (χ2n) is 4.45. The molecule has 0 atom stereocenters. The molecule has 0 aromatic heterocycles. The third-order valence-corrected chi connectivity index (χ3v) is 2.78. The van der Waals surface area contributed by atoms with E-state index in [0.29, 0.717) is 0 Å². The summed E-state index contributed by atoms with van der Waals surface area (Å²) in [7, 11) is 0. The van der Waals surface area contributed by atoms with E-state index in [2.05, 4.69) is 24.4 Å². The Bertz CT molecular complexity index is 267. The molecule has 0 spiro atoms. The molecule has 1 aromatic rings. The van der Waals surface area contributed by atoms with E-state index in [1.165, 1.54) is 18.4 Å². The van der Waals surface area contributed by atoms with Crippen molar-refractivity contribution >= 4 is 0 Å². The molecule has 0 aliphatic heterocycles. The molecule has 3 heteroatoms. The van der Waals surface area contributed by atoms with Crippen LogP contribution in [0.5, 0.6) is 5.75 Å². The van der Waals surface area contributed by atoms with Gasteiger partial charge >= 0.3 is 0 Å². The van der Waals surface area contributed by atoms with Crippen molar-refractivity contribution in [2.45, 2.75) is 39.2 Å². The number of hydrogen-bond acceptors (Lipinski definition) is 3. The van der Waals surface area contributed by atoms with Gasteiger partial charge in [0, 0.05) is 13.2 Å². The zero-order valence-corrected chi connectivity index (χ0v) is 11.3. The van der Waals surface area contributed by atoms with E-state index in [1.54, 1.807) is 0 Å². The van der Waals surface area contributed by atoms with Crippen LogP contribution in [0.25, 0.3) is 0 Å². The lowest BCUT2D eigenvalue weighted by atomic mass is 10.2. The van der Waals surface area contributed by atoms with Gasteiger partial charge in [0.15, 0.2) is 0 Å². The van der Waals surface area contributed by atoms with E-state index in [0.717, 1.165) is 38.3 Å². The standard InChI is InChI=1S/C15H25NO2/c1-2-3-4-12-18-15-8-6-14(7-9-15)13-16-10-5-11-17/h6-9,16-17H,2-5,10-13H2,1H3. The van der Waals surface area contributed by atoms with Gasteiger partial charge in [-0.2, -0.15) is 0 Å². The fraction of sp³-hybridized carbons (Fsp3) is 0.600. The molecule has 18 heavy (non-hydrogen) atoms. The van der Waals surface area contributed by atoms with E-state index < -0.39 is 0 Å². The Morgan fingerprint density at radius 1 is 1.11 bits per heavy atom. The van der Waals surface area contributed by atoms with Crippen molar-refractivity contribution in [3.05, 3.63) is 29.8 Å². The van der Waals surface area contributed by atoms with Crippen LogP contribution in [0.4, 0.5) is 0 Å². The average Bonchev–Trinajstić information content (AvgIpc) is 2.41. The lowest BCUT2D eigenvalue weighted by Gasteiger charge is -2.07. The number of aliphatic hydroxyl groups excluding tert-OH is 1. The fourth-order valence-electron chi connectivity index (χ4n) is 1.68. The van der Waals surface area contributed by atoms with Crippen molar-refractivity contribution in [2.75, 3.05) is 19.8 Å². The number of ether oxygens (including phenoxy) is 1. The average molecular weight is 251 g/mol. The summed E-state index contributed by atoms with van der Waals surface area (Å²) in [5.41, 5.74) is 1.24. The Kier molecular flexibility index (Phi) is 8.26. The Morgan fingerprint density at radius 3 is 2.56 bits per heavy atom. The quantitative estimate of drug-likeness (QED) is 0.628. The molecule has 0 bridgehead atoms. The van der Waals surface area contributed by atoms with Crippen molar-refractivity contribution < 1.29 is 9.84 Å². The Hall–Kier alpha value is -1.06. The highest BCUT2D eigenvalue weighted by atomic mass is 16.5. The number of nitrogens with one attached hydrogen (secondary N) is 1. The van der Waals surface area contributed by atoms with Gasteiger partial charge in [-0.15, -0.1) is 0 Å². The molecule has 2 N–H and O–H groups in total. The number of rotatable bonds is 10. The molecule has 0 unspecified atom stereocenters. The fourth-order valence-corrected chi connectivity index (χ4v) is 1.68. The zero-order valence-electron chi connectivity index (χ0n) is 11.3. The predicted octanol–water partition coefficient (Wildman–Crippen LogP) is 2.73. The van der Waals surface area contributed by atoms with Gasteiger partial charge in [-0.3, -0.25) is 0 Å². The first-order chi connectivity index (χ1) is 8.86. The molecule has 1 aromatic carbocycles. The third kappa shape index (κ3) is 6.62. The first-order valence-electron chi connectivity index (χ1n) is 6.90. The summed E-state index contributed by atoms with van der Waals surface area (Å²) < 4.78 is 5.65. The highest BCUT2D eigenvalue weighted by molar-refractivity contribution is 5.27. The minimum absolute atomic E-state index is 0.248. The normalized spacial score (nSPS) is 10.6. The van der Waals surface area contributed by atoms with E-state index >= 15 is 0 Å².